The Morgan fingerprint density at radius 3 is 2.78 bits per heavy atom. The third-order valence-electron chi connectivity index (χ3n) is 2.43. The van der Waals surface area contributed by atoms with Crippen molar-refractivity contribution < 1.29 is 19.4 Å². The van der Waals surface area contributed by atoms with Crippen LogP contribution in [0.3, 0.4) is 0 Å². The van der Waals surface area contributed by atoms with Gasteiger partial charge >= 0.3 is 0 Å². The molecule has 0 saturated heterocycles. The summed E-state index contributed by atoms with van der Waals surface area (Å²) in [5.74, 6) is -0.712. The fourth-order valence-electron chi connectivity index (χ4n) is 1.48. The number of rotatable bonds is 7. The topological polar surface area (TPSA) is 78.5 Å². The summed E-state index contributed by atoms with van der Waals surface area (Å²) in [6.45, 7) is 0.471. The second-order valence-electron chi connectivity index (χ2n) is 3.82. The van der Waals surface area contributed by atoms with E-state index in [9.17, 15) is 14.7 Å². The van der Waals surface area contributed by atoms with Gasteiger partial charge in [-0.3, -0.25) is 4.79 Å². The van der Waals surface area contributed by atoms with Crippen LogP contribution in [0.4, 0.5) is 0 Å². The zero-order valence-electron chi connectivity index (χ0n) is 10.3. The van der Waals surface area contributed by atoms with Crippen molar-refractivity contribution in [3.8, 4) is 5.75 Å². The summed E-state index contributed by atoms with van der Waals surface area (Å²) in [6, 6.07) is 7.57. The molecular weight excluding hydrogens is 234 g/mol. The molecule has 0 unspecified atom stereocenters. The summed E-state index contributed by atoms with van der Waals surface area (Å²) >= 11 is 0. The van der Waals surface area contributed by atoms with Crippen LogP contribution in [0.5, 0.6) is 5.75 Å². The highest BCUT2D eigenvalue weighted by atomic mass is 16.5. The number of benzene rings is 1. The maximum Gasteiger partial charge on any atom is 0.220 e. The lowest BCUT2D eigenvalue weighted by atomic mass is 10.1. The van der Waals surface area contributed by atoms with E-state index in [0.717, 1.165) is 11.3 Å². The number of hydrogen-bond acceptors (Lipinski definition) is 4. The Hall–Kier alpha value is -2.04. The first-order chi connectivity index (χ1) is 8.61. The van der Waals surface area contributed by atoms with E-state index in [1.807, 2.05) is 24.3 Å². The van der Waals surface area contributed by atoms with Gasteiger partial charge in [0.15, 0.2) is 0 Å². The summed E-state index contributed by atoms with van der Waals surface area (Å²) in [5, 5.41) is 12.8. The molecule has 1 rings (SSSR count). The monoisotopic (exact) mass is 250 g/mol. The van der Waals surface area contributed by atoms with Crippen molar-refractivity contribution >= 4 is 11.9 Å². The van der Waals surface area contributed by atoms with Crippen molar-refractivity contribution in [1.82, 2.24) is 5.32 Å². The molecule has 0 aliphatic carbocycles. The Kier molecular flexibility index (Phi) is 5.70. The molecule has 0 heterocycles. The standard InChI is InChI=1S/C13H17NO4/c1-18-11-4-2-3-10(9-11)7-8-14-12(15)5-6-13(16)17/h2-4,9H,5-8H2,1H3,(H,14,15)(H,16,17)/p-1. The number of ether oxygens (including phenoxy) is 1. The van der Waals surface area contributed by atoms with E-state index in [4.69, 9.17) is 4.74 Å². The molecule has 5 heteroatoms. The predicted molar refractivity (Wildman–Crippen MR) is 63.9 cm³/mol. The highest BCUT2D eigenvalue weighted by Crippen LogP contribution is 2.12. The zero-order chi connectivity index (χ0) is 13.4. The van der Waals surface area contributed by atoms with Crippen LogP contribution >= 0.6 is 0 Å². The number of carbonyl (C=O) groups excluding carboxylic acids is 2. The van der Waals surface area contributed by atoms with E-state index in [0.29, 0.717) is 13.0 Å². The molecule has 1 aromatic carbocycles. The summed E-state index contributed by atoms with van der Waals surface area (Å²) in [4.78, 5) is 21.4. The van der Waals surface area contributed by atoms with E-state index >= 15 is 0 Å². The van der Waals surface area contributed by atoms with Crippen LogP contribution < -0.4 is 15.2 Å². The highest BCUT2D eigenvalue weighted by Gasteiger charge is 2.01. The Bertz CT molecular complexity index is 417. The Balaban J connectivity index is 2.28. The van der Waals surface area contributed by atoms with Crippen molar-refractivity contribution in [3.05, 3.63) is 29.8 Å². The highest BCUT2D eigenvalue weighted by molar-refractivity contribution is 5.79. The molecule has 98 valence electrons. The Morgan fingerprint density at radius 1 is 1.33 bits per heavy atom. The molecule has 0 spiro atoms. The zero-order valence-corrected chi connectivity index (χ0v) is 10.3. The SMILES string of the molecule is COc1cccc(CCNC(=O)CCC(=O)[O-])c1. The third kappa shape index (κ3) is 5.34. The molecular formula is C13H16NO4-. The normalized spacial score (nSPS) is 9.83. The average Bonchev–Trinajstić information content (AvgIpc) is 2.36. The van der Waals surface area contributed by atoms with E-state index < -0.39 is 5.97 Å². The minimum atomic E-state index is -1.21. The van der Waals surface area contributed by atoms with E-state index in [-0.39, 0.29) is 18.7 Å². The molecule has 1 aromatic rings. The Labute approximate surface area is 106 Å². The molecule has 0 atom stereocenters. The average molecular weight is 250 g/mol. The predicted octanol–water partition coefficient (Wildman–Crippen LogP) is -0.116. The number of carboxylic acid groups (broad SMARTS) is 1. The van der Waals surface area contributed by atoms with Crippen LogP contribution in [-0.4, -0.2) is 25.5 Å². The largest absolute Gasteiger partial charge is 0.550 e. The third-order valence-corrected chi connectivity index (χ3v) is 2.43. The summed E-state index contributed by atoms with van der Waals surface area (Å²) in [7, 11) is 1.60. The van der Waals surface area contributed by atoms with Crippen LogP contribution in [0.2, 0.25) is 0 Å². The number of carboxylic acids is 1. The van der Waals surface area contributed by atoms with E-state index in [2.05, 4.69) is 5.32 Å². The van der Waals surface area contributed by atoms with Gasteiger partial charge in [-0.05, 0) is 30.5 Å². The lowest BCUT2D eigenvalue weighted by Gasteiger charge is -2.07. The number of amides is 1. The molecule has 18 heavy (non-hydrogen) atoms. The van der Waals surface area contributed by atoms with Crippen LogP contribution in [0.15, 0.2) is 24.3 Å². The fourth-order valence-corrected chi connectivity index (χ4v) is 1.48. The number of carbonyl (C=O) groups is 2. The molecule has 0 bridgehead atoms. The van der Waals surface area contributed by atoms with Crippen molar-refractivity contribution in [3.63, 3.8) is 0 Å². The maximum atomic E-state index is 11.2. The molecule has 0 aromatic heterocycles. The molecule has 0 aliphatic rings. The molecule has 0 saturated carbocycles. The molecule has 0 aliphatic heterocycles. The number of aliphatic carboxylic acids is 1. The van der Waals surface area contributed by atoms with Crippen LogP contribution in [0.1, 0.15) is 18.4 Å². The minimum Gasteiger partial charge on any atom is -0.550 e. The van der Waals surface area contributed by atoms with Crippen molar-refractivity contribution in [2.75, 3.05) is 13.7 Å². The molecule has 1 amide bonds. The number of nitrogens with one attached hydrogen (secondary N) is 1. The first kappa shape index (κ1) is 14.0. The quantitative estimate of drug-likeness (QED) is 0.732. The van der Waals surface area contributed by atoms with Gasteiger partial charge in [0.2, 0.25) is 5.91 Å². The van der Waals surface area contributed by atoms with Gasteiger partial charge in [-0.25, -0.2) is 0 Å². The summed E-state index contributed by atoms with van der Waals surface area (Å²) < 4.78 is 5.09. The second-order valence-corrected chi connectivity index (χ2v) is 3.82. The van der Waals surface area contributed by atoms with Gasteiger partial charge in [-0.1, -0.05) is 12.1 Å². The molecule has 0 radical (unpaired) electrons. The van der Waals surface area contributed by atoms with Gasteiger partial charge in [0.05, 0.1) is 7.11 Å². The smallest absolute Gasteiger partial charge is 0.220 e. The van der Waals surface area contributed by atoms with Gasteiger partial charge in [-0.15, -0.1) is 0 Å². The van der Waals surface area contributed by atoms with Crippen molar-refractivity contribution in [2.45, 2.75) is 19.3 Å². The lowest BCUT2D eigenvalue weighted by Crippen LogP contribution is -2.29. The van der Waals surface area contributed by atoms with Gasteiger partial charge in [-0.2, -0.15) is 0 Å². The number of methoxy groups -OCH3 is 1. The number of hydrogen-bond donors (Lipinski definition) is 1. The molecule has 5 nitrogen and oxygen atoms in total. The first-order valence-electron chi connectivity index (χ1n) is 5.71. The van der Waals surface area contributed by atoms with E-state index in [1.165, 1.54) is 0 Å². The minimum absolute atomic E-state index is 0.0412. The summed E-state index contributed by atoms with van der Waals surface area (Å²) in [5.41, 5.74) is 1.05. The van der Waals surface area contributed by atoms with Crippen LogP contribution in [-0.2, 0) is 16.0 Å². The summed E-state index contributed by atoms with van der Waals surface area (Å²) in [6.07, 6.45) is 0.389. The van der Waals surface area contributed by atoms with Gasteiger partial charge in [0.1, 0.15) is 5.75 Å². The van der Waals surface area contributed by atoms with Gasteiger partial charge in [0, 0.05) is 18.9 Å². The maximum absolute atomic E-state index is 11.2. The Morgan fingerprint density at radius 2 is 2.11 bits per heavy atom. The van der Waals surface area contributed by atoms with E-state index in [1.54, 1.807) is 7.11 Å². The van der Waals surface area contributed by atoms with Gasteiger partial charge < -0.3 is 20.0 Å². The fraction of sp³-hybridized carbons (Fsp3) is 0.385. The molecule has 1 N–H and O–H groups in total. The van der Waals surface area contributed by atoms with Crippen LogP contribution in [0, 0.1) is 0 Å². The lowest BCUT2D eigenvalue weighted by molar-refractivity contribution is -0.305. The second kappa shape index (κ2) is 7.32. The van der Waals surface area contributed by atoms with Gasteiger partial charge in [0.25, 0.3) is 0 Å². The van der Waals surface area contributed by atoms with Crippen molar-refractivity contribution in [1.29, 1.82) is 0 Å². The van der Waals surface area contributed by atoms with Crippen LogP contribution in [0.25, 0.3) is 0 Å². The van der Waals surface area contributed by atoms with Crippen molar-refractivity contribution in [2.24, 2.45) is 0 Å². The molecule has 0 fully saturated rings. The first-order valence-corrected chi connectivity index (χ1v) is 5.71.